The van der Waals surface area contributed by atoms with Gasteiger partial charge in [0.05, 0.1) is 17.6 Å². The van der Waals surface area contributed by atoms with E-state index < -0.39 is 4.92 Å². The molecule has 0 unspecified atom stereocenters. The van der Waals surface area contributed by atoms with Gasteiger partial charge < -0.3 is 10.5 Å². The highest BCUT2D eigenvalue weighted by Crippen LogP contribution is 2.23. The van der Waals surface area contributed by atoms with E-state index in [4.69, 9.17) is 10.5 Å². The molecule has 0 aromatic heterocycles. The lowest BCUT2D eigenvalue weighted by molar-refractivity contribution is -0.384. The maximum Gasteiger partial charge on any atom is 0.275 e. The van der Waals surface area contributed by atoms with Crippen molar-refractivity contribution in [2.24, 2.45) is 0 Å². The van der Waals surface area contributed by atoms with Gasteiger partial charge in [-0.15, -0.1) is 0 Å². The lowest BCUT2D eigenvalue weighted by Crippen LogP contribution is -1.96. The van der Waals surface area contributed by atoms with Crippen LogP contribution < -0.4 is 10.5 Å². The third-order valence-corrected chi connectivity index (χ3v) is 1.44. The predicted molar refractivity (Wildman–Crippen MR) is 48.7 cm³/mol. The number of nitrogens with two attached hydrogens (primary N) is 1. The van der Waals surface area contributed by atoms with Crippen LogP contribution in [0.25, 0.3) is 0 Å². The fourth-order valence-electron chi connectivity index (χ4n) is 0.961. The summed E-state index contributed by atoms with van der Waals surface area (Å²) in [5.74, 6) is 0.425. The highest BCUT2D eigenvalue weighted by molar-refractivity contribution is 5.53. The molecule has 1 rings (SSSR count). The number of non-ortho nitro benzene ring substituents is 1. The lowest BCUT2D eigenvalue weighted by atomic mass is 10.2. The molecule has 13 heavy (non-hydrogen) atoms. The van der Waals surface area contributed by atoms with Crippen LogP contribution in [0.4, 0.5) is 11.4 Å². The van der Waals surface area contributed by atoms with E-state index in [0.29, 0.717) is 18.0 Å². The Bertz CT molecular complexity index is 325. The Balaban J connectivity index is 3.03. The van der Waals surface area contributed by atoms with Gasteiger partial charge in [0.2, 0.25) is 0 Å². The molecule has 5 nitrogen and oxygen atoms in total. The molecule has 0 amide bonds. The summed E-state index contributed by atoms with van der Waals surface area (Å²) >= 11 is 0. The topological polar surface area (TPSA) is 78.4 Å². The van der Waals surface area contributed by atoms with Crippen LogP contribution in [-0.4, -0.2) is 11.5 Å². The highest BCUT2D eigenvalue weighted by atomic mass is 16.6. The standard InChI is InChI=1S/C8H10N2O3/c1-2-13-8-4-6(9)3-7(5-8)10(11)12/h3-5H,2,9H2,1H3. The highest BCUT2D eigenvalue weighted by Gasteiger charge is 2.08. The van der Waals surface area contributed by atoms with E-state index in [1.165, 1.54) is 12.1 Å². The number of benzene rings is 1. The SMILES string of the molecule is CCOc1cc(N)cc([N+](=O)[O-])c1. The first-order valence-corrected chi connectivity index (χ1v) is 3.81. The van der Waals surface area contributed by atoms with Crippen LogP contribution in [0.5, 0.6) is 5.75 Å². The Morgan fingerprint density at radius 3 is 2.77 bits per heavy atom. The van der Waals surface area contributed by atoms with Gasteiger partial charge in [-0.3, -0.25) is 10.1 Å². The molecule has 5 heteroatoms. The summed E-state index contributed by atoms with van der Waals surface area (Å²) in [6.45, 7) is 2.26. The fourth-order valence-corrected chi connectivity index (χ4v) is 0.961. The number of nitrogen functional groups attached to an aromatic ring is 1. The molecule has 1 aromatic carbocycles. The van der Waals surface area contributed by atoms with Gasteiger partial charge >= 0.3 is 0 Å². The van der Waals surface area contributed by atoms with Crippen LogP contribution in [0, 0.1) is 10.1 Å². The quantitative estimate of drug-likeness (QED) is 0.437. The number of ether oxygens (including phenoxy) is 1. The number of hydrogen-bond acceptors (Lipinski definition) is 4. The van der Waals surface area contributed by atoms with Gasteiger partial charge in [-0.1, -0.05) is 0 Å². The first kappa shape index (κ1) is 9.31. The monoisotopic (exact) mass is 182 g/mol. The van der Waals surface area contributed by atoms with Crippen molar-refractivity contribution >= 4 is 11.4 Å². The first-order chi connectivity index (χ1) is 6.13. The average molecular weight is 182 g/mol. The minimum absolute atomic E-state index is 0.0524. The smallest absolute Gasteiger partial charge is 0.275 e. The molecule has 0 bridgehead atoms. The number of hydrogen-bond donors (Lipinski definition) is 1. The average Bonchev–Trinajstić information content (AvgIpc) is 2.03. The summed E-state index contributed by atoms with van der Waals surface area (Å²) in [5.41, 5.74) is 5.72. The van der Waals surface area contributed by atoms with Gasteiger partial charge in [0.15, 0.2) is 0 Å². The van der Waals surface area contributed by atoms with Crippen LogP contribution in [-0.2, 0) is 0 Å². The Kier molecular flexibility index (Phi) is 2.69. The third kappa shape index (κ3) is 2.33. The van der Waals surface area contributed by atoms with Gasteiger partial charge in [0, 0.05) is 17.8 Å². The molecular weight excluding hydrogens is 172 g/mol. The minimum atomic E-state index is -0.501. The second-order valence-electron chi connectivity index (χ2n) is 2.45. The van der Waals surface area contributed by atoms with Crippen molar-refractivity contribution in [1.29, 1.82) is 0 Å². The Morgan fingerprint density at radius 2 is 2.23 bits per heavy atom. The molecule has 0 aliphatic carbocycles. The van der Waals surface area contributed by atoms with Crippen molar-refractivity contribution in [2.75, 3.05) is 12.3 Å². The number of nitrogens with zero attached hydrogens (tertiary/aromatic N) is 1. The molecular formula is C8H10N2O3. The number of nitro groups is 1. The van der Waals surface area contributed by atoms with E-state index >= 15 is 0 Å². The molecule has 0 spiro atoms. The third-order valence-electron chi connectivity index (χ3n) is 1.44. The van der Waals surface area contributed by atoms with Crippen molar-refractivity contribution in [2.45, 2.75) is 6.92 Å². The van der Waals surface area contributed by atoms with E-state index in [-0.39, 0.29) is 5.69 Å². The van der Waals surface area contributed by atoms with E-state index in [0.717, 1.165) is 0 Å². The zero-order valence-electron chi connectivity index (χ0n) is 7.19. The summed E-state index contributed by atoms with van der Waals surface area (Å²) < 4.78 is 5.09. The molecule has 0 saturated heterocycles. The Morgan fingerprint density at radius 1 is 1.54 bits per heavy atom. The molecule has 0 aliphatic rings. The minimum Gasteiger partial charge on any atom is -0.494 e. The molecule has 2 N–H and O–H groups in total. The largest absolute Gasteiger partial charge is 0.494 e. The summed E-state index contributed by atoms with van der Waals surface area (Å²) in [7, 11) is 0. The summed E-state index contributed by atoms with van der Waals surface area (Å²) in [4.78, 5) is 9.90. The van der Waals surface area contributed by atoms with Gasteiger partial charge in [0.1, 0.15) is 5.75 Å². The molecule has 70 valence electrons. The maximum atomic E-state index is 10.4. The summed E-state index contributed by atoms with van der Waals surface area (Å²) in [6.07, 6.45) is 0. The number of anilines is 1. The van der Waals surface area contributed by atoms with E-state index in [2.05, 4.69) is 0 Å². The van der Waals surface area contributed by atoms with Crippen molar-refractivity contribution in [3.8, 4) is 5.75 Å². The first-order valence-electron chi connectivity index (χ1n) is 3.81. The van der Waals surface area contributed by atoms with Gasteiger partial charge in [-0.05, 0) is 6.92 Å². The van der Waals surface area contributed by atoms with E-state index in [1.807, 2.05) is 0 Å². The molecule has 0 aliphatic heterocycles. The van der Waals surface area contributed by atoms with Crippen molar-refractivity contribution in [3.05, 3.63) is 28.3 Å². The van der Waals surface area contributed by atoms with Gasteiger partial charge in [-0.2, -0.15) is 0 Å². The molecule has 0 saturated carbocycles. The zero-order valence-corrected chi connectivity index (χ0v) is 7.19. The second-order valence-corrected chi connectivity index (χ2v) is 2.45. The van der Waals surface area contributed by atoms with Gasteiger partial charge in [0.25, 0.3) is 5.69 Å². The van der Waals surface area contributed by atoms with Crippen molar-refractivity contribution in [3.63, 3.8) is 0 Å². The number of rotatable bonds is 3. The van der Waals surface area contributed by atoms with Crippen LogP contribution in [0.3, 0.4) is 0 Å². The van der Waals surface area contributed by atoms with E-state index in [1.54, 1.807) is 13.0 Å². The summed E-state index contributed by atoms with van der Waals surface area (Å²) in [6, 6.07) is 4.19. The Hall–Kier alpha value is -1.78. The summed E-state index contributed by atoms with van der Waals surface area (Å²) in [5, 5.41) is 10.4. The second kappa shape index (κ2) is 3.75. The van der Waals surface area contributed by atoms with Crippen LogP contribution in [0.2, 0.25) is 0 Å². The van der Waals surface area contributed by atoms with Crippen molar-refractivity contribution < 1.29 is 9.66 Å². The zero-order chi connectivity index (χ0) is 9.84. The molecule has 1 aromatic rings. The van der Waals surface area contributed by atoms with Crippen LogP contribution in [0.15, 0.2) is 18.2 Å². The molecule has 0 fully saturated rings. The normalized spacial score (nSPS) is 9.62. The van der Waals surface area contributed by atoms with Crippen molar-refractivity contribution in [1.82, 2.24) is 0 Å². The molecule has 0 atom stereocenters. The van der Waals surface area contributed by atoms with E-state index in [9.17, 15) is 10.1 Å². The molecule has 0 heterocycles. The Labute approximate surface area is 75.3 Å². The maximum absolute atomic E-state index is 10.4. The van der Waals surface area contributed by atoms with Crippen LogP contribution >= 0.6 is 0 Å². The van der Waals surface area contributed by atoms with Crippen LogP contribution in [0.1, 0.15) is 6.92 Å². The lowest BCUT2D eigenvalue weighted by Gasteiger charge is -2.03. The fraction of sp³-hybridized carbons (Fsp3) is 0.250. The molecule has 0 radical (unpaired) electrons. The predicted octanol–water partition coefficient (Wildman–Crippen LogP) is 1.58. The number of nitro benzene ring substituents is 1. The van der Waals surface area contributed by atoms with Gasteiger partial charge in [-0.25, -0.2) is 0 Å².